The van der Waals surface area contributed by atoms with E-state index >= 15 is 0 Å². The first-order chi connectivity index (χ1) is 9.01. The van der Waals surface area contributed by atoms with Crippen LogP contribution in [-0.2, 0) is 0 Å². The van der Waals surface area contributed by atoms with Gasteiger partial charge in [-0.25, -0.2) is 9.78 Å². The van der Waals surface area contributed by atoms with Crippen LogP contribution in [0.2, 0.25) is 0 Å². The summed E-state index contributed by atoms with van der Waals surface area (Å²) in [5.74, 6) is 0. The number of hydrogen-bond donors (Lipinski definition) is 2. The van der Waals surface area contributed by atoms with E-state index in [-0.39, 0.29) is 11.7 Å². The first-order valence-corrected chi connectivity index (χ1v) is 6.43. The van der Waals surface area contributed by atoms with Gasteiger partial charge in [-0.2, -0.15) is 0 Å². The van der Waals surface area contributed by atoms with Gasteiger partial charge >= 0.3 is 6.03 Å². The number of carbonyl (C=O) groups is 1. The Hall–Kier alpha value is -2.22. The minimum Gasteiger partial charge on any atom is -0.338 e. The molecule has 0 fully saturated rings. The average molecular weight is 280 g/mol. The number of benzene rings is 1. The first kappa shape index (κ1) is 13.2. The SMILES string of the molecule is CCNC(=O)Nc1nc2c(C)cc([N+](=O)[O-])cc2s1. The van der Waals surface area contributed by atoms with Crippen molar-refractivity contribution in [3.8, 4) is 0 Å². The monoisotopic (exact) mass is 280 g/mol. The van der Waals surface area contributed by atoms with Gasteiger partial charge in [0.1, 0.15) is 0 Å². The van der Waals surface area contributed by atoms with Crippen molar-refractivity contribution in [1.82, 2.24) is 10.3 Å². The number of anilines is 1. The average Bonchev–Trinajstić information content (AvgIpc) is 2.72. The van der Waals surface area contributed by atoms with Crippen LogP contribution in [0.4, 0.5) is 15.6 Å². The summed E-state index contributed by atoms with van der Waals surface area (Å²) in [6, 6.07) is 2.59. The fourth-order valence-corrected chi connectivity index (χ4v) is 2.61. The van der Waals surface area contributed by atoms with Crippen LogP contribution < -0.4 is 10.6 Å². The summed E-state index contributed by atoms with van der Waals surface area (Å²) in [5, 5.41) is 16.4. The third kappa shape index (κ3) is 2.79. The number of nitrogens with zero attached hydrogens (tertiary/aromatic N) is 2. The molecule has 1 heterocycles. The molecule has 0 atom stereocenters. The van der Waals surface area contributed by atoms with Crippen molar-refractivity contribution < 1.29 is 9.72 Å². The minimum atomic E-state index is -0.441. The van der Waals surface area contributed by atoms with Crippen LogP contribution in [-0.4, -0.2) is 22.5 Å². The Morgan fingerprint density at radius 1 is 1.53 bits per heavy atom. The highest BCUT2D eigenvalue weighted by molar-refractivity contribution is 7.22. The number of thiazole rings is 1. The van der Waals surface area contributed by atoms with Gasteiger partial charge in [-0.1, -0.05) is 11.3 Å². The lowest BCUT2D eigenvalue weighted by atomic mass is 10.2. The first-order valence-electron chi connectivity index (χ1n) is 5.61. The Bertz CT molecular complexity index is 653. The van der Waals surface area contributed by atoms with Gasteiger partial charge in [0, 0.05) is 18.7 Å². The number of carbonyl (C=O) groups excluding carboxylic acids is 1. The van der Waals surface area contributed by atoms with Crippen LogP contribution in [0.15, 0.2) is 12.1 Å². The van der Waals surface area contributed by atoms with Gasteiger partial charge in [-0.15, -0.1) is 0 Å². The summed E-state index contributed by atoms with van der Waals surface area (Å²) in [7, 11) is 0. The zero-order valence-electron chi connectivity index (χ0n) is 10.4. The van der Waals surface area contributed by atoms with E-state index in [2.05, 4.69) is 15.6 Å². The Morgan fingerprint density at radius 2 is 2.26 bits per heavy atom. The second-order valence-corrected chi connectivity index (χ2v) is 4.90. The van der Waals surface area contributed by atoms with Crippen molar-refractivity contribution in [3.05, 3.63) is 27.8 Å². The number of rotatable bonds is 3. The number of nitro benzene ring substituents is 1. The van der Waals surface area contributed by atoms with Gasteiger partial charge in [-0.05, 0) is 19.4 Å². The Morgan fingerprint density at radius 3 is 2.89 bits per heavy atom. The van der Waals surface area contributed by atoms with E-state index in [1.54, 1.807) is 6.92 Å². The predicted octanol–water partition coefficient (Wildman–Crippen LogP) is 2.65. The number of nitro groups is 1. The molecule has 2 N–H and O–H groups in total. The molecule has 0 spiro atoms. The molecule has 0 radical (unpaired) electrons. The number of non-ortho nitro benzene ring substituents is 1. The zero-order valence-corrected chi connectivity index (χ0v) is 11.2. The molecule has 7 nitrogen and oxygen atoms in total. The molecule has 2 rings (SSSR count). The highest BCUT2D eigenvalue weighted by atomic mass is 32.1. The molecule has 0 aliphatic rings. The molecule has 1 aromatic heterocycles. The lowest BCUT2D eigenvalue weighted by molar-refractivity contribution is -0.384. The molecule has 0 saturated heterocycles. The van der Waals surface area contributed by atoms with Crippen LogP contribution in [0, 0.1) is 17.0 Å². The molecule has 0 bridgehead atoms. The van der Waals surface area contributed by atoms with Gasteiger partial charge in [0.25, 0.3) is 5.69 Å². The second kappa shape index (κ2) is 5.19. The summed E-state index contributed by atoms with van der Waals surface area (Å²) < 4.78 is 0.679. The highest BCUT2D eigenvalue weighted by Gasteiger charge is 2.14. The van der Waals surface area contributed by atoms with E-state index in [9.17, 15) is 14.9 Å². The zero-order chi connectivity index (χ0) is 14.0. The number of fused-ring (bicyclic) bond motifs is 1. The smallest absolute Gasteiger partial charge is 0.321 e. The topological polar surface area (TPSA) is 97.2 Å². The Balaban J connectivity index is 2.37. The molecular weight excluding hydrogens is 268 g/mol. The van der Waals surface area contributed by atoms with Crippen LogP contribution >= 0.6 is 11.3 Å². The Kier molecular flexibility index (Phi) is 3.61. The van der Waals surface area contributed by atoms with Gasteiger partial charge in [0.05, 0.1) is 15.1 Å². The van der Waals surface area contributed by atoms with E-state index in [0.29, 0.717) is 27.5 Å². The van der Waals surface area contributed by atoms with E-state index in [0.717, 1.165) is 0 Å². The molecule has 1 aromatic carbocycles. The van der Waals surface area contributed by atoms with Gasteiger partial charge < -0.3 is 5.32 Å². The van der Waals surface area contributed by atoms with E-state index in [4.69, 9.17) is 0 Å². The molecule has 0 unspecified atom stereocenters. The summed E-state index contributed by atoms with van der Waals surface area (Å²) >= 11 is 1.21. The standard InChI is InChI=1S/C11H12N4O3S/c1-3-12-10(16)14-11-13-9-6(2)4-7(15(17)18)5-8(9)19-11/h4-5H,3H2,1-2H3,(H2,12,13,14,16). The summed E-state index contributed by atoms with van der Waals surface area (Å²) in [5.41, 5.74) is 1.41. The summed E-state index contributed by atoms with van der Waals surface area (Å²) in [6.45, 7) is 4.08. The second-order valence-electron chi connectivity index (χ2n) is 3.87. The third-order valence-electron chi connectivity index (χ3n) is 2.44. The van der Waals surface area contributed by atoms with Crippen molar-refractivity contribution in [2.75, 3.05) is 11.9 Å². The van der Waals surface area contributed by atoms with Crippen LogP contribution in [0.25, 0.3) is 10.2 Å². The lowest BCUT2D eigenvalue weighted by Crippen LogP contribution is -2.28. The number of aromatic nitrogens is 1. The minimum absolute atomic E-state index is 0.0261. The molecule has 100 valence electrons. The maximum absolute atomic E-state index is 11.4. The predicted molar refractivity (Wildman–Crippen MR) is 73.7 cm³/mol. The number of hydrogen-bond acceptors (Lipinski definition) is 5. The van der Waals surface area contributed by atoms with Crippen molar-refractivity contribution in [2.45, 2.75) is 13.8 Å². The van der Waals surface area contributed by atoms with Crippen molar-refractivity contribution in [2.24, 2.45) is 0 Å². The summed E-state index contributed by atoms with van der Waals surface area (Å²) in [4.78, 5) is 26.0. The van der Waals surface area contributed by atoms with E-state index in [1.807, 2.05) is 6.92 Å². The molecule has 0 saturated carbocycles. The molecule has 19 heavy (non-hydrogen) atoms. The molecule has 0 aliphatic heterocycles. The van der Waals surface area contributed by atoms with E-state index < -0.39 is 4.92 Å². The molecular formula is C11H12N4O3S. The summed E-state index contributed by atoms with van der Waals surface area (Å²) in [6.07, 6.45) is 0. The fraction of sp³-hybridized carbons (Fsp3) is 0.273. The molecule has 2 aromatic rings. The van der Waals surface area contributed by atoms with Crippen molar-refractivity contribution in [1.29, 1.82) is 0 Å². The van der Waals surface area contributed by atoms with Gasteiger partial charge in [0.2, 0.25) is 0 Å². The quantitative estimate of drug-likeness (QED) is 0.667. The maximum atomic E-state index is 11.4. The van der Waals surface area contributed by atoms with Crippen LogP contribution in [0.3, 0.4) is 0 Å². The maximum Gasteiger partial charge on any atom is 0.321 e. The van der Waals surface area contributed by atoms with E-state index in [1.165, 1.54) is 23.5 Å². The number of aryl methyl sites for hydroxylation is 1. The number of urea groups is 1. The molecule has 0 aliphatic carbocycles. The fourth-order valence-electron chi connectivity index (χ4n) is 1.64. The third-order valence-corrected chi connectivity index (χ3v) is 3.36. The molecule has 2 amide bonds. The molecule has 8 heteroatoms. The van der Waals surface area contributed by atoms with Gasteiger partial charge in [-0.3, -0.25) is 15.4 Å². The van der Waals surface area contributed by atoms with Crippen molar-refractivity contribution >= 4 is 38.4 Å². The van der Waals surface area contributed by atoms with Gasteiger partial charge in [0.15, 0.2) is 5.13 Å². The normalized spacial score (nSPS) is 10.4. The number of nitrogens with one attached hydrogen (secondary N) is 2. The van der Waals surface area contributed by atoms with Crippen LogP contribution in [0.5, 0.6) is 0 Å². The lowest BCUT2D eigenvalue weighted by Gasteiger charge is -2.00. The highest BCUT2D eigenvalue weighted by Crippen LogP contribution is 2.31. The Labute approximate surface area is 112 Å². The van der Waals surface area contributed by atoms with Crippen molar-refractivity contribution in [3.63, 3.8) is 0 Å². The number of amides is 2. The largest absolute Gasteiger partial charge is 0.338 e. The van der Waals surface area contributed by atoms with Crippen LogP contribution in [0.1, 0.15) is 12.5 Å².